The molecule has 0 saturated carbocycles. The predicted octanol–water partition coefficient (Wildman–Crippen LogP) is 2.48. The molecule has 0 aliphatic carbocycles. The first kappa shape index (κ1) is 12.8. The number of nitrogens with two attached hydrogens (primary N) is 1. The minimum atomic E-state index is -1.29. The Morgan fingerprint density at radius 1 is 1.26 bits per heavy atom. The first-order valence-corrected chi connectivity index (χ1v) is 5.49. The van der Waals surface area contributed by atoms with Gasteiger partial charge in [-0.1, -0.05) is 30.3 Å². The maximum atomic E-state index is 13.7. The second kappa shape index (κ2) is 5.30. The lowest BCUT2D eigenvalue weighted by Gasteiger charge is -2.07. The summed E-state index contributed by atoms with van der Waals surface area (Å²) >= 11 is 0. The number of halogens is 1. The minimum Gasteiger partial charge on any atom is -0.478 e. The van der Waals surface area contributed by atoms with Crippen molar-refractivity contribution in [2.45, 2.75) is 0 Å². The maximum absolute atomic E-state index is 13.7. The molecule has 0 saturated heterocycles. The number of aromatic carboxylic acids is 1. The van der Waals surface area contributed by atoms with Gasteiger partial charge in [0.2, 0.25) is 0 Å². The van der Waals surface area contributed by atoms with E-state index in [-0.39, 0.29) is 5.56 Å². The van der Waals surface area contributed by atoms with Crippen molar-refractivity contribution in [1.82, 2.24) is 0 Å². The van der Waals surface area contributed by atoms with Crippen LogP contribution in [-0.2, 0) is 0 Å². The summed E-state index contributed by atoms with van der Waals surface area (Å²) in [6.45, 7) is 0. The van der Waals surface area contributed by atoms with E-state index in [2.05, 4.69) is 5.10 Å². The largest absolute Gasteiger partial charge is 0.478 e. The molecule has 0 spiro atoms. The smallest absolute Gasteiger partial charge is 0.338 e. The number of benzene rings is 2. The molecular weight excluding hydrogens is 247 g/mol. The van der Waals surface area contributed by atoms with Gasteiger partial charge in [-0.2, -0.15) is 5.10 Å². The fourth-order valence-corrected chi connectivity index (χ4v) is 1.81. The fraction of sp³-hybridized carbons (Fsp3) is 0. The second-order valence-electron chi connectivity index (χ2n) is 3.87. The van der Waals surface area contributed by atoms with Crippen molar-refractivity contribution in [3.05, 3.63) is 59.4 Å². The van der Waals surface area contributed by atoms with E-state index >= 15 is 0 Å². The van der Waals surface area contributed by atoms with E-state index in [1.807, 2.05) is 6.07 Å². The molecular formula is C14H11FN2O2. The number of rotatable bonds is 3. The number of hydrogen-bond donors (Lipinski definition) is 2. The van der Waals surface area contributed by atoms with Gasteiger partial charge in [-0.3, -0.25) is 0 Å². The molecule has 0 fully saturated rings. The monoisotopic (exact) mass is 258 g/mol. The highest BCUT2D eigenvalue weighted by molar-refractivity contribution is 5.92. The van der Waals surface area contributed by atoms with Gasteiger partial charge in [0.05, 0.1) is 11.8 Å². The van der Waals surface area contributed by atoms with Crippen molar-refractivity contribution in [2.24, 2.45) is 10.9 Å². The van der Waals surface area contributed by atoms with Crippen LogP contribution in [0.3, 0.4) is 0 Å². The van der Waals surface area contributed by atoms with Crippen molar-refractivity contribution in [1.29, 1.82) is 0 Å². The molecule has 3 N–H and O–H groups in total. The van der Waals surface area contributed by atoms with E-state index < -0.39 is 11.8 Å². The van der Waals surface area contributed by atoms with Gasteiger partial charge in [-0.05, 0) is 23.3 Å². The average Bonchev–Trinajstić information content (AvgIpc) is 2.39. The molecule has 2 aromatic carbocycles. The molecule has 0 aliphatic heterocycles. The normalized spacial score (nSPS) is 10.8. The van der Waals surface area contributed by atoms with Crippen molar-refractivity contribution in [2.75, 3.05) is 0 Å². The van der Waals surface area contributed by atoms with E-state index in [0.29, 0.717) is 5.56 Å². The lowest BCUT2D eigenvalue weighted by Crippen LogP contribution is -2.00. The van der Waals surface area contributed by atoms with Gasteiger partial charge in [0.25, 0.3) is 0 Å². The molecule has 2 aromatic rings. The Labute approximate surface area is 109 Å². The van der Waals surface area contributed by atoms with Gasteiger partial charge in [-0.15, -0.1) is 0 Å². The number of carboxylic acid groups (broad SMARTS) is 1. The van der Waals surface area contributed by atoms with Crippen LogP contribution in [0.1, 0.15) is 15.9 Å². The highest BCUT2D eigenvalue weighted by Crippen LogP contribution is 2.24. The number of hydrogen-bond acceptors (Lipinski definition) is 3. The van der Waals surface area contributed by atoms with Gasteiger partial charge in [0.15, 0.2) is 0 Å². The van der Waals surface area contributed by atoms with Crippen LogP contribution in [0.2, 0.25) is 0 Å². The maximum Gasteiger partial charge on any atom is 0.338 e. The van der Waals surface area contributed by atoms with E-state index in [0.717, 1.165) is 11.1 Å². The zero-order chi connectivity index (χ0) is 13.8. The van der Waals surface area contributed by atoms with Crippen LogP contribution in [0.25, 0.3) is 11.1 Å². The highest BCUT2D eigenvalue weighted by Gasteiger charge is 2.12. The van der Waals surface area contributed by atoms with Crippen molar-refractivity contribution < 1.29 is 14.3 Å². The van der Waals surface area contributed by atoms with Crippen LogP contribution in [-0.4, -0.2) is 17.3 Å². The van der Waals surface area contributed by atoms with Crippen LogP contribution in [0.5, 0.6) is 0 Å². The Balaban J connectivity index is 2.54. The highest BCUT2D eigenvalue weighted by atomic mass is 19.1. The van der Waals surface area contributed by atoms with Crippen molar-refractivity contribution >= 4 is 12.2 Å². The third-order valence-electron chi connectivity index (χ3n) is 2.68. The number of carbonyl (C=O) groups is 1. The lowest BCUT2D eigenvalue weighted by molar-refractivity contribution is 0.0692. The summed E-state index contributed by atoms with van der Waals surface area (Å²) in [5.74, 6) is 3.05. The summed E-state index contributed by atoms with van der Waals surface area (Å²) in [6.07, 6.45) is 1.46. The second-order valence-corrected chi connectivity index (χ2v) is 3.87. The molecule has 0 radical (unpaired) electrons. The summed E-state index contributed by atoms with van der Waals surface area (Å²) in [5, 5.41) is 12.2. The lowest BCUT2D eigenvalue weighted by atomic mass is 9.99. The molecule has 0 aromatic heterocycles. The molecule has 0 unspecified atom stereocenters. The van der Waals surface area contributed by atoms with Crippen molar-refractivity contribution in [3.8, 4) is 11.1 Å². The quantitative estimate of drug-likeness (QED) is 0.504. The van der Waals surface area contributed by atoms with Gasteiger partial charge >= 0.3 is 5.97 Å². The first-order valence-electron chi connectivity index (χ1n) is 5.49. The molecule has 96 valence electrons. The summed E-state index contributed by atoms with van der Waals surface area (Å²) in [7, 11) is 0. The van der Waals surface area contributed by atoms with Gasteiger partial charge in [0.1, 0.15) is 5.82 Å². The minimum absolute atomic E-state index is 0.353. The molecule has 0 bridgehead atoms. The molecule has 4 nitrogen and oxygen atoms in total. The molecule has 0 aliphatic rings. The first-order chi connectivity index (χ1) is 9.13. The molecule has 0 amide bonds. The number of carboxylic acids is 1. The Morgan fingerprint density at radius 2 is 2.00 bits per heavy atom. The fourth-order valence-electron chi connectivity index (χ4n) is 1.81. The Hall–Kier alpha value is -2.69. The standard InChI is InChI=1S/C14H11FN2O2/c15-13-7-9(5-6-12(13)14(18)19)11-4-2-1-3-10(11)8-17-16/h1-8H,16H2,(H,18,19). The van der Waals surface area contributed by atoms with E-state index in [4.69, 9.17) is 10.9 Å². The molecule has 2 rings (SSSR count). The van der Waals surface area contributed by atoms with Crippen LogP contribution in [0.4, 0.5) is 4.39 Å². The van der Waals surface area contributed by atoms with Crippen LogP contribution in [0.15, 0.2) is 47.6 Å². The summed E-state index contributed by atoms with van der Waals surface area (Å²) < 4.78 is 13.7. The van der Waals surface area contributed by atoms with E-state index in [9.17, 15) is 9.18 Å². The summed E-state index contributed by atoms with van der Waals surface area (Å²) in [4.78, 5) is 10.8. The predicted molar refractivity (Wildman–Crippen MR) is 70.6 cm³/mol. The Morgan fingerprint density at radius 3 is 2.63 bits per heavy atom. The SMILES string of the molecule is NN=Cc1ccccc1-c1ccc(C(=O)O)c(F)c1. The van der Waals surface area contributed by atoms with Crippen LogP contribution >= 0.6 is 0 Å². The van der Waals surface area contributed by atoms with E-state index in [1.165, 1.54) is 18.3 Å². The van der Waals surface area contributed by atoms with Crippen LogP contribution < -0.4 is 5.84 Å². The zero-order valence-corrected chi connectivity index (χ0v) is 9.88. The topological polar surface area (TPSA) is 75.7 Å². The van der Waals surface area contributed by atoms with E-state index in [1.54, 1.807) is 24.3 Å². The Kier molecular flexibility index (Phi) is 3.56. The molecule has 5 heteroatoms. The summed E-state index contributed by atoms with van der Waals surface area (Å²) in [5.41, 5.74) is 1.67. The zero-order valence-electron chi connectivity index (χ0n) is 9.88. The summed E-state index contributed by atoms with van der Waals surface area (Å²) in [6, 6.07) is 11.2. The number of nitrogens with zero attached hydrogens (tertiary/aromatic N) is 1. The molecule has 0 atom stereocenters. The Bertz CT molecular complexity index is 654. The average molecular weight is 258 g/mol. The number of hydrazone groups is 1. The third kappa shape index (κ3) is 2.60. The van der Waals surface area contributed by atoms with Crippen LogP contribution in [0, 0.1) is 5.82 Å². The van der Waals surface area contributed by atoms with Crippen molar-refractivity contribution in [3.63, 3.8) is 0 Å². The van der Waals surface area contributed by atoms with Gasteiger partial charge < -0.3 is 10.9 Å². The molecule has 0 heterocycles. The van der Waals surface area contributed by atoms with Gasteiger partial charge in [-0.25, -0.2) is 9.18 Å². The molecule has 19 heavy (non-hydrogen) atoms. The van der Waals surface area contributed by atoms with Gasteiger partial charge in [0, 0.05) is 5.56 Å². The third-order valence-corrected chi connectivity index (χ3v) is 2.68.